The molecule has 2 rings (SSSR count). The first kappa shape index (κ1) is 17.5. The van der Waals surface area contributed by atoms with Gasteiger partial charge in [-0.15, -0.1) is 0 Å². The molecule has 0 saturated carbocycles. The Balaban J connectivity index is 1.95. The molecule has 0 aromatic heterocycles. The molecular weight excluding hydrogens is 308 g/mol. The summed E-state index contributed by atoms with van der Waals surface area (Å²) in [5.41, 5.74) is 3.48. The van der Waals surface area contributed by atoms with E-state index in [1.807, 2.05) is 32.9 Å². The Morgan fingerprint density at radius 3 is 2.08 bits per heavy atom. The van der Waals surface area contributed by atoms with Crippen LogP contribution in [0.3, 0.4) is 0 Å². The van der Waals surface area contributed by atoms with Gasteiger partial charge in [0.25, 0.3) is 0 Å². The molecule has 0 heterocycles. The lowest BCUT2D eigenvalue weighted by atomic mass is 10.1. The van der Waals surface area contributed by atoms with Crippen LogP contribution in [0, 0.1) is 20.8 Å². The van der Waals surface area contributed by atoms with Crippen molar-refractivity contribution >= 4 is 11.9 Å². The van der Waals surface area contributed by atoms with Gasteiger partial charge in [0.05, 0.1) is 12.7 Å². The molecule has 0 N–H and O–H groups in total. The van der Waals surface area contributed by atoms with E-state index in [2.05, 4.69) is 4.74 Å². The van der Waals surface area contributed by atoms with Gasteiger partial charge in [0, 0.05) is 0 Å². The highest BCUT2D eigenvalue weighted by molar-refractivity contribution is 5.89. The summed E-state index contributed by atoms with van der Waals surface area (Å²) >= 11 is 0. The SMILES string of the molecule is COC(=O)c1ccc(OC(=O)COc2c(C)cc(C)cc2C)cc1. The summed E-state index contributed by atoms with van der Waals surface area (Å²) in [6.07, 6.45) is 0. The molecule has 0 saturated heterocycles. The van der Waals surface area contributed by atoms with E-state index < -0.39 is 11.9 Å². The minimum atomic E-state index is -0.514. The van der Waals surface area contributed by atoms with E-state index in [9.17, 15) is 9.59 Å². The largest absolute Gasteiger partial charge is 0.481 e. The van der Waals surface area contributed by atoms with Crippen LogP contribution in [-0.4, -0.2) is 25.7 Å². The van der Waals surface area contributed by atoms with E-state index in [0.717, 1.165) is 16.7 Å². The zero-order valence-corrected chi connectivity index (χ0v) is 14.2. The average molecular weight is 328 g/mol. The van der Waals surface area contributed by atoms with Crippen molar-refractivity contribution in [2.75, 3.05) is 13.7 Å². The molecule has 0 bridgehead atoms. The first-order valence-corrected chi connectivity index (χ1v) is 7.50. The van der Waals surface area contributed by atoms with Gasteiger partial charge in [-0.25, -0.2) is 9.59 Å². The van der Waals surface area contributed by atoms with Gasteiger partial charge in [-0.3, -0.25) is 0 Å². The van der Waals surface area contributed by atoms with Crippen molar-refractivity contribution in [1.29, 1.82) is 0 Å². The number of hydrogen-bond donors (Lipinski definition) is 0. The number of methoxy groups -OCH3 is 1. The summed E-state index contributed by atoms with van der Waals surface area (Å²) < 4.78 is 15.4. The molecule has 5 nitrogen and oxygen atoms in total. The lowest BCUT2D eigenvalue weighted by Gasteiger charge is -2.12. The third kappa shape index (κ3) is 4.35. The molecule has 0 unspecified atom stereocenters. The first-order chi connectivity index (χ1) is 11.4. The molecule has 2 aromatic rings. The Labute approximate surface area is 141 Å². The topological polar surface area (TPSA) is 61.8 Å². The minimum absolute atomic E-state index is 0.191. The number of carbonyl (C=O) groups excluding carboxylic acids is 2. The number of hydrogen-bond acceptors (Lipinski definition) is 5. The van der Waals surface area contributed by atoms with E-state index in [-0.39, 0.29) is 6.61 Å². The minimum Gasteiger partial charge on any atom is -0.481 e. The van der Waals surface area contributed by atoms with Crippen LogP contribution in [0.4, 0.5) is 0 Å². The number of rotatable bonds is 5. The van der Waals surface area contributed by atoms with Gasteiger partial charge in [-0.1, -0.05) is 17.7 Å². The summed E-state index contributed by atoms with van der Waals surface area (Å²) in [6.45, 7) is 5.69. The van der Waals surface area contributed by atoms with Crippen LogP contribution in [-0.2, 0) is 9.53 Å². The fraction of sp³-hybridized carbons (Fsp3) is 0.263. The molecule has 0 aliphatic rings. The van der Waals surface area contributed by atoms with Crippen LogP contribution >= 0.6 is 0 Å². The van der Waals surface area contributed by atoms with E-state index in [4.69, 9.17) is 9.47 Å². The second kappa shape index (κ2) is 7.64. The average Bonchev–Trinajstić information content (AvgIpc) is 2.53. The molecule has 24 heavy (non-hydrogen) atoms. The molecule has 2 aromatic carbocycles. The van der Waals surface area contributed by atoms with Crippen molar-refractivity contribution in [1.82, 2.24) is 0 Å². The Morgan fingerprint density at radius 1 is 0.958 bits per heavy atom. The van der Waals surface area contributed by atoms with Crippen molar-refractivity contribution in [3.05, 3.63) is 58.7 Å². The van der Waals surface area contributed by atoms with E-state index in [1.54, 1.807) is 0 Å². The number of benzene rings is 2. The van der Waals surface area contributed by atoms with Gasteiger partial charge in [-0.2, -0.15) is 0 Å². The van der Waals surface area contributed by atoms with Gasteiger partial charge >= 0.3 is 11.9 Å². The standard InChI is InChI=1S/C19H20O5/c1-12-9-13(2)18(14(3)10-12)23-11-17(20)24-16-7-5-15(6-8-16)19(21)22-4/h5-10H,11H2,1-4H3. The summed E-state index contributed by atoms with van der Waals surface area (Å²) in [6, 6.07) is 10.1. The first-order valence-electron chi connectivity index (χ1n) is 7.50. The highest BCUT2D eigenvalue weighted by Crippen LogP contribution is 2.24. The Bertz CT molecular complexity index is 724. The van der Waals surface area contributed by atoms with Gasteiger partial charge in [-0.05, 0) is 56.2 Å². The van der Waals surface area contributed by atoms with Gasteiger partial charge in [0.2, 0.25) is 0 Å². The molecular formula is C19H20O5. The third-order valence-electron chi connectivity index (χ3n) is 3.45. The van der Waals surface area contributed by atoms with Crippen molar-refractivity contribution in [3.63, 3.8) is 0 Å². The van der Waals surface area contributed by atoms with E-state index in [0.29, 0.717) is 17.1 Å². The molecule has 126 valence electrons. The van der Waals surface area contributed by atoms with Crippen LogP contribution in [0.1, 0.15) is 27.0 Å². The highest BCUT2D eigenvalue weighted by Gasteiger charge is 2.11. The Kier molecular flexibility index (Phi) is 5.58. The second-order valence-corrected chi connectivity index (χ2v) is 5.51. The number of carbonyl (C=O) groups is 2. The maximum atomic E-state index is 11.9. The number of aryl methyl sites for hydroxylation is 3. The summed E-state index contributed by atoms with van der Waals surface area (Å²) in [4.78, 5) is 23.3. The fourth-order valence-corrected chi connectivity index (χ4v) is 2.46. The van der Waals surface area contributed by atoms with Crippen molar-refractivity contribution in [2.24, 2.45) is 0 Å². The highest BCUT2D eigenvalue weighted by atomic mass is 16.6. The Hall–Kier alpha value is -2.82. The summed E-state index contributed by atoms with van der Waals surface area (Å²) in [5, 5.41) is 0. The predicted molar refractivity (Wildman–Crippen MR) is 89.6 cm³/mol. The lowest BCUT2D eigenvalue weighted by molar-refractivity contribution is -0.136. The molecule has 0 aliphatic heterocycles. The maximum absolute atomic E-state index is 11.9. The predicted octanol–water partition coefficient (Wildman–Crippen LogP) is 3.38. The van der Waals surface area contributed by atoms with Crippen molar-refractivity contribution < 1.29 is 23.8 Å². The van der Waals surface area contributed by atoms with Crippen LogP contribution in [0.15, 0.2) is 36.4 Å². The molecule has 0 atom stereocenters. The number of ether oxygens (including phenoxy) is 3. The number of esters is 2. The normalized spacial score (nSPS) is 10.2. The monoisotopic (exact) mass is 328 g/mol. The summed E-state index contributed by atoms with van der Waals surface area (Å²) in [5.74, 6) is 0.0777. The fourth-order valence-electron chi connectivity index (χ4n) is 2.46. The lowest BCUT2D eigenvalue weighted by Crippen LogP contribution is -2.18. The molecule has 0 spiro atoms. The van der Waals surface area contributed by atoms with Crippen LogP contribution in [0.5, 0.6) is 11.5 Å². The second-order valence-electron chi connectivity index (χ2n) is 5.51. The zero-order valence-electron chi connectivity index (χ0n) is 14.2. The molecule has 0 aliphatic carbocycles. The Morgan fingerprint density at radius 2 is 1.54 bits per heavy atom. The zero-order chi connectivity index (χ0) is 17.7. The van der Waals surface area contributed by atoms with Gasteiger partial charge in [0.15, 0.2) is 6.61 Å². The van der Waals surface area contributed by atoms with Gasteiger partial charge < -0.3 is 14.2 Å². The van der Waals surface area contributed by atoms with Crippen LogP contribution in [0.25, 0.3) is 0 Å². The van der Waals surface area contributed by atoms with Crippen molar-refractivity contribution in [2.45, 2.75) is 20.8 Å². The van der Waals surface area contributed by atoms with E-state index >= 15 is 0 Å². The summed E-state index contributed by atoms with van der Waals surface area (Å²) in [7, 11) is 1.31. The van der Waals surface area contributed by atoms with Crippen LogP contribution in [0.2, 0.25) is 0 Å². The molecule has 0 fully saturated rings. The quantitative estimate of drug-likeness (QED) is 0.622. The maximum Gasteiger partial charge on any atom is 0.349 e. The molecule has 5 heteroatoms. The van der Waals surface area contributed by atoms with Gasteiger partial charge in [0.1, 0.15) is 11.5 Å². The van der Waals surface area contributed by atoms with E-state index in [1.165, 1.54) is 31.4 Å². The third-order valence-corrected chi connectivity index (χ3v) is 3.45. The van der Waals surface area contributed by atoms with Crippen LogP contribution < -0.4 is 9.47 Å². The molecule has 0 radical (unpaired) electrons. The smallest absolute Gasteiger partial charge is 0.349 e. The van der Waals surface area contributed by atoms with Crippen molar-refractivity contribution in [3.8, 4) is 11.5 Å². The molecule has 0 amide bonds.